The Kier molecular flexibility index (Phi) is 6.66. The number of piperazine rings is 1. The maximum atomic E-state index is 13.5. The van der Waals surface area contributed by atoms with Crippen LogP contribution in [0.15, 0.2) is 54.6 Å². The number of amides is 3. The molecular formula is C24H29ClN4O2. The molecule has 1 aliphatic carbocycles. The number of carbonyl (C=O) groups excluding carboxylic acids is 2. The van der Waals surface area contributed by atoms with Crippen molar-refractivity contribution in [1.82, 2.24) is 15.5 Å². The Morgan fingerprint density at radius 1 is 0.935 bits per heavy atom. The van der Waals surface area contributed by atoms with E-state index in [4.69, 9.17) is 11.6 Å². The SMILES string of the molecule is O=C(NCc1ccccc1)NC1(C(=O)N2CCN(c3cccc(Cl)c3)CC2)CCCC1. The minimum atomic E-state index is -0.793. The monoisotopic (exact) mass is 440 g/mol. The van der Waals surface area contributed by atoms with Crippen LogP contribution in [0, 0.1) is 0 Å². The standard InChI is InChI=1S/C24H29ClN4O2/c25-20-9-6-10-21(17-20)28-13-15-29(16-14-28)22(30)24(11-4-5-12-24)27-23(31)26-18-19-7-2-1-3-8-19/h1-3,6-10,17H,4-5,11-16,18H2,(H2,26,27,31). The number of nitrogens with zero attached hydrogens (tertiary/aromatic N) is 2. The second-order valence-electron chi connectivity index (χ2n) is 8.34. The number of hydrogen-bond donors (Lipinski definition) is 2. The summed E-state index contributed by atoms with van der Waals surface area (Å²) in [4.78, 5) is 30.2. The van der Waals surface area contributed by atoms with Gasteiger partial charge in [0.25, 0.3) is 0 Å². The van der Waals surface area contributed by atoms with Crippen LogP contribution in [0.1, 0.15) is 31.2 Å². The summed E-state index contributed by atoms with van der Waals surface area (Å²) in [5.74, 6) is 0.0469. The van der Waals surface area contributed by atoms with Crippen LogP contribution in [-0.4, -0.2) is 48.6 Å². The van der Waals surface area contributed by atoms with Gasteiger partial charge in [0.2, 0.25) is 5.91 Å². The highest BCUT2D eigenvalue weighted by Gasteiger charge is 2.45. The maximum absolute atomic E-state index is 13.5. The van der Waals surface area contributed by atoms with E-state index < -0.39 is 5.54 Å². The van der Waals surface area contributed by atoms with Crippen LogP contribution < -0.4 is 15.5 Å². The lowest BCUT2D eigenvalue weighted by Gasteiger charge is -2.40. The van der Waals surface area contributed by atoms with E-state index in [1.165, 1.54) is 0 Å². The summed E-state index contributed by atoms with van der Waals surface area (Å²) in [7, 11) is 0. The molecular weight excluding hydrogens is 412 g/mol. The molecule has 0 aromatic heterocycles. The lowest BCUT2D eigenvalue weighted by Crippen LogP contribution is -2.62. The highest BCUT2D eigenvalue weighted by Crippen LogP contribution is 2.32. The Bertz CT molecular complexity index is 907. The number of hydrogen-bond acceptors (Lipinski definition) is 3. The van der Waals surface area contributed by atoms with Crippen molar-refractivity contribution in [1.29, 1.82) is 0 Å². The van der Waals surface area contributed by atoms with E-state index in [0.29, 0.717) is 37.5 Å². The summed E-state index contributed by atoms with van der Waals surface area (Å²) < 4.78 is 0. The zero-order valence-electron chi connectivity index (χ0n) is 17.6. The fourth-order valence-electron chi connectivity index (χ4n) is 4.55. The minimum Gasteiger partial charge on any atom is -0.368 e. The van der Waals surface area contributed by atoms with Crippen molar-refractivity contribution >= 4 is 29.2 Å². The topological polar surface area (TPSA) is 64.7 Å². The third-order valence-electron chi connectivity index (χ3n) is 6.26. The van der Waals surface area contributed by atoms with Crippen LogP contribution in [0.4, 0.5) is 10.5 Å². The van der Waals surface area contributed by atoms with Crippen molar-refractivity contribution in [3.63, 3.8) is 0 Å². The lowest BCUT2D eigenvalue weighted by molar-refractivity contribution is -0.138. The van der Waals surface area contributed by atoms with Gasteiger partial charge in [-0.15, -0.1) is 0 Å². The summed E-state index contributed by atoms with van der Waals surface area (Å²) in [6.45, 7) is 3.22. The van der Waals surface area contributed by atoms with E-state index >= 15 is 0 Å². The number of nitrogens with one attached hydrogen (secondary N) is 2. The van der Waals surface area contributed by atoms with E-state index in [1.807, 2.05) is 59.5 Å². The van der Waals surface area contributed by atoms with E-state index in [9.17, 15) is 9.59 Å². The molecule has 2 aromatic carbocycles. The van der Waals surface area contributed by atoms with Gasteiger partial charge in [-0.1, -0.05) is 60.8 Å². The molecule has 164 valence electrons. The third kappa shape index (κ3) is 5.13. The molecule has 2 aromatic rings. The number of rotatable bonds is 5. The fraction of sp³-hybridized carbons (Fsp3) is 0.417. The first-order valence-corrected chi connectivity index (χ1v) is 11.3. The molecule has 3 amide bonds. The molecule has 0 spiro atoms. The summed E-state index contributed by atoms with van der Waals surface area (Å²) in [5.41, 5.74) is 1.31. The van der Waals surface area contributed by atoms with Gasteiger partial charge in [-0.05, 0) is 36.6 Å². The maximum Gasteiger partial charge on any atom is 0.315 e. The minimum absolute atomic E-state index is 0.0469. The number of anilines is 1. The first kappa shape index (κ1) is 21.5. The number of carbonyl (C=O) groups is 2. The third-order valence-corrected chi connectivity index (χ3v) is 6.49. The predicted molar refractivity (Wildman–Crippen MR) is 123 cm³/mol. The van der Waals surface area contributed by atoms with Crippen molar-refractivity contribution < 1.29 is 9.59 Å². The van der Waals surface area contributed by atoms with E-state index in [0.717, 1.165) is 37.2 Å². The Balaban J connectivity index is 1.35. The molecule has 0 unspecified atom stereocenters. The van der Waals surface area contributed by atoms with Gasteiger partial charge in [0.05, 0.1) is 0 Å². The molecule has 4 rings (SSSR count). The van der Waals surface area contributed by atoms with Gasteiger partial charge in [0.1, 0.15) is 5.54 Å². The van der Waals surface area contributed by atoms with Crippen LogP contribution in [0.3, 0.4) is 0 Å². The van der Waals surface area contributed by atoms with Gasteiger partial charge in [-0.25, -0.2) is 4.79 Å². The average molecular weight is 441 g/mol. The Labute approximate surface area is 188 Å². The molecule has 0 radical (unpaired) electrons. The van der Waals surface area contributed by atoms with Gasteiger partial charge in [0.15, 0.2) is 0 Å². The molecule has 0 bridgehead atoms. The van der Waals surface area contributed by atoms with Crippen LogP contribution >= 0.6 is 11.6 Å². The first-order chi connectivity index (χ1) is 15.1. The molecule has 1 saturated carbocycles. The summed E-state index contributed by atoms with van der Waals surface area (Å²) in [5, 5.41) is 6.65. The molecule has 7 heteroatoms. The second-order valence-corrected chi connectivity index (χ2v) is 8.78. The number of urea groups is 1. The molecule has 1 saturated heterocycles. The fourth-order valence-corrected chi connectivity index (χ4v) is 4.74. The summed E-state index contributed by atoms with van der Waals surface area (Å²) in [6.07, 6.45) is 3.29. The van der Waals surface area contributed by atoms with Crippen molar-refractivity contribution in [2.45, 2.75) is 37.8 Å². The quantitative estimate of drug-likeness (QED) is 0.743. The zero-order valence-corrected chi connectivity index (χ0v) is 18.4. The van der Waals surface area contributed by atoms with Crippen LogP contribution in [0.5, 0.6) is 0 Å². The predicted octanol–water partition coefficient (Wildman–Crippen LogP) is 3.80. The second kappa shape index (κ2) is 9.60. The number of benzene rings is 2. The number of halogens is 1. The van der Waals surface area contributed by atoms with Gasteiger partial charge in [-0.3, -0.25) is 4.79 Å². The molecule has 6 nitrogen and oxygen atoms in total. The van der Waals surface area contributed by atoms with Crippen molar-refractivity contribution in [2.75, 3.05) is 31.1 Å². The van der Waals surface area contributed by atoms with Crippen molar-refractivity contribution in [3.8, 4) is 0 Å². The van der Waals surface area contributed by atoms with E-state index in [1.54, 1.807) is 0 Å². The van der Waals surface area contributed by atoms with E-state index in [2.05, 4.69) is 15.5 Å². The molecule has 1 heterocycles. The highest BCUT2D eigenvalue weighted by molar-refractivity contribution is 6.30. The molecule has 2 aliphatic rings. The first-order valence-electron chi connectivity index (χ1n) is 11.0. The van der Waals surface area contributed by atoms with Crippen molar-refractivity contribution in [3.05, 3.63) is 65.2 Å². The van der Waals surface area contributed by atoms with Gasteiger partial charge in [-0.2, -0.15) is 0 Å². The van der Waals surface area contributed by atoms with Gasteiger partial charge in [0, 0.05) is 43.4 Å². The molecule has 1 aliphatic heterocycles. The molecule has 31 heavy (non-hydrogen) atoms. The molecule has 2 N–H and O–H groups in total. The zero-order chi connectivity index (χ0) is 21.7. The molecule has 0 atom stereocenters. The molecule has 2 fully saturated rings. The smallest absolute Gasteiger partial charge is 0.315 e. The Hall–Kier alpha value is -2.73. The highest BCUT2D eigenvalue weighted by atomic mass is 35.5. The average Bonchev–Trinajstić information content (AvgIpc) is 3.27. The summed E-state index contributed by atoms with van der Waals surface area (Å²) >= 11 is 6.12. The van der Waals surface area contributed by atoms with Crippen molar-refractivity contribution in [2.24, 2.45) is 0 Å². The Morgan fingerprint density at radius 2 is 1.65 bits per heavy atom. The lowest BCUT2D eigenvalue weighted by atomic mass is 9.95. The largest absolute Gasteiger partial charge is 0.368 e. The normalized spacial score (nSPS) is 18.0. The van der Waals surface area contributed by atoms with Crippen LogP contribution in [-0.2, 0) is 11.3 Å². The van der Waals surface area contributed by atoms with Gasteiger partial charge < -0.3 is 20.4 Å². The van der Waals surface area contributed by atoms with Gasteiger partial charge >= 0.3 is 6.03 Å². The summed E-state index contributed by atoms with van der Waals surface area (Å²) in [6, 6.07) is 17.3. The van der Waals surface area contributed by atoms with Crippen LogP contribution in [0.2, 0.25) is 5.02 Å². The van der Waals surface area contributed by atoms with Crippen LogP contribution in [0.25, 0.3) is 0 Å². The Morgan fingerprint density at radius 3 is 2.32 bits per heavy atom. The van der Waals surface area contributed by atoms with E-state index in [-0.39, 0.29) is 11.9 Å².